The minimum Gasteiger partial charge on any atom is -0.490 e. The molecule has 2 rings (SSSR count). The lowest BCUT2D eigenvalue weighted by Gasteiger charge is -2.31. The summed E-state index contributed by atoms with van der Waals surface area (Å²) >= 11 is 0. The van der Waals surface area contributed by atoms with Crippen molar-refractivity contribution in [1.82, 2.24) is 10.2 Å². The van der Waals surface area contributed by atoms with Crippen LogP contribution in [0.2, 0.25) is 0 Å². The van der Waals surface area contributed by atoms with Gasteiger partial charge in [-0.2, -0.15) is 0 Å². The Labute approximate surface area is 204 Å². The Morgan fingerprint density at radius 3 is 2.26 bits per heavy atom. The lowest BCUT2D eigenvalue weighted by Crippen LogP contribution is -2.52. The molecule has 1 N–H and O–H groups in total. The minimum atomic E-state index is -0.591. The molecular weight excluding hydrogens is 428 g/mol. The largest absolute Gasteiger partial charge is 0.490 e. The highest BCUT2D eigenvalue weighted by Gasteiger charge is 2.28. The zero-order valence-electron chi connectivity index (χ0n) is 21.7. The quantitative estimate of drug-likeness (QED) is 0.501. The first-order valence-electron chi connectivity index (χ1n) is 12.1. The number of nitrogens with zero attached hydrogens (tertiary/aromatic N) is 1. The fourth-order valence-electron chi connectivity index (χ4n) is 3.71. The Morgan fingerprint density at radius 1 is 0.971 bits per heavy atom. The third kappa shape index (κ3) is 8.40. The van der Waals surface area contributed by atoms with Crippen LogP contribution in [0.4, 0.5) is 0 Å². The van der Waals surface area contributed by atoms with Crippen LogP contribution in [0.5, 0.6) is 11.5 Å². The highest BCUT2D eigenvalue weighted by molar-refractivity contribution is 5.87. The molecule has 6 nitrogen and oxygen atoms in total. The van der Waals surface area contributed by atoms with E-state index in [-0.39, 0.29) is 17.4 Å². The molecule has 2 aromatic carbocycles. The SMILES string of the molecule is CCOc1ccc(CCC(=O)N(Cc2cccc(C)c2)[C@@H](C)C(=O)NC(C)(C)C)cc1OCC. The molecule has 0 aromatic heterocycles. The maximum atomic E-state index is 13.4. The summed E-state index contributed by atoms with van der Waals surface area (Å²) in [6.45, 7) is 15.0. The maximum Gasteiger partial charge on any atom is 0.242 e. The number of ether oxygens (including phenoxy) is 2. The van der Waals surface area contributed by atoms with Gasteiger partial charge in [-0.05, 0) is 78.1 Å². The Balaban J connectivity index is 2.20. The molecule has 186 valence electrons. The van der Waals surface area contributed by atoms with Crippen LogP contribution in [0.25, 0.3) is 0 Å². The summed E-state index contributed by atoms with van der Waals surface area (Å²) in [5.41, 5.74) is 2.74. The maximum absolute atomic E-state index is 13.4. The molecule has 6 heteroatoms. The Morgan fingerprint density at radius 2 is 1.65 bits per heavy atom. The average Bonchev–Trinajstić information content (AvgIpc) is 2.76. The van der Waals surface area contributed by atoms with E-state index in [1.807, 2.05) is 77.9 Å². The van der Waals surface area contributed by atoms with Crippen molar-refractivity contribution in [2.24, 2.45) is 0 Å². The summed E-state index contributed by atoms with van der Waals surface area (Å²) in [5.74, 6) is 1.16. The zero-order chi connectivity index (χ0) is 25.3. The first-order valence-corrected chi connectivity index (χ1v) is 12.1. The molecule has 1 atom stereocenters. The van der Waals surface area contributed by atoms with Gasteiger partial charge in [-0.3, -0.25) is 9.59 Å². The van der Waals surface area contributed by atoms with Crippen molar-refractivity contribution in [3.05, 3.63) is 59.2 Å². The lowest BCUT2D eigenvalue weighted by molar-refractivity contribution is -0.141. The van der Waals surface area contributed by atoms with E-state index in [1.54, 1.807) is 11.8 Å². The molecule has 0 aliphatic carbocycles. The van der Waals surface area contributed by atoms with E-state index in [1.165, 1.54) is 0 Å². The summed E-state index contributed by atoms with van der Waals surface area (Å²) in [6, 6.07) is 13.2. The second kappa shape index (κ2) is 12.4. The predicted molar refractivity (Wildman–Crippen MR) is 136 cm³/mol. The second-order valence-corrected chi connectivity index (χ2v) is 9.57. The first-order chi connectivity index (χ1) is 16.0. The number of amides is 2. The number of benzene rings is 2. The average molecular weight is 469 g/mol. The van der Waals surface area contributed by atoms with Crippen molar-refractivity contribution in [3.63, 3.8) is 0 Å². The van der Waals surface area contributed by atoms with Gasteiger partial charge in [-0.15, -0.1) is 0 Å². The topological polar surface area (TPSA) is 67.9 Å². The number of carbonyl (C=O) groups is 2. The molecule has 0 heterocycles. The van der Waals surface area contributed by atoms with Gasteiger partial charge in [0.15, 0.2) is 11.5 Å². The molecule has 0 saturated carbocycles. The van der Waals surface area contributed by atoms with E-state index in [0.717, 1.165) is 16.7 Å². The number of hydrogen-bond acceptors (Lipinski definition) is 4. The van der Waals surface area contributed by atoms with Crippen LogP contribution in [0.3, 0.4) is 0 Å². The molecule has 2 aromatic rings. The van der Waals surface area contributed by atoms with E-state index in [9.17, 15) is 9.59 Å². The van der Waals surface area contributed by atoms with Crippen LogP contribution in [0.15, 0.2) is 42.5 Å². The van der Waals surface area contributed by atoms with E-state index in [4.69, 9.17) is 9.47 Å². The van der Waals surface area contributed by atoms with Gasteiger partial charge in [0.2, 0.25) is 11.8 Å². The van der Waals surface area contributed by atoms with Crippen molar-refractivity contribution in [2.75, 3.05) is 13.2 Å². The Bertz CT molecular complexity index is 965. The molecule has 0 fully saturated rings. The Hall–Kier alpha value is -3.02. The molecule has 0 spiro atoms. The second-order valence-electron chi connectivity index (χ2n) is 9.57. The minimum absolute atomic E-state index is 0.0649. The lowest BCUT2D eigenvalue weighted by atomic mass is 10.1. The van der Waals surface area contributed by atoms with E-state index in [2.05, 4.69) is 11.4 Å². The highest BCUT2D eigenvalue weighted by atomic mass is 16.5. The van der Waals surface area contributed by atoms with Gasteiger partial charge in [0.25, 0.3) is 0 Å². The van der Waals surface area contributed by atoms with Crippen molar-refractivity contribution >= 4 is 11.8 Å². The van der Waals surface area contributed by atoms with Gasteiger partial charge >= 0.3 is 0 Å². The van der Waals surface area contributed by atoms with Gasteiger partial charge in [0, 0.05) is 18.5 Å². The molecule has 0 saturated heterocycles. The predicted octanol–water partition coefficient (Wildman–Crippen LogP) is 5.06. The third-order valence-electron chi connectivity index (χ3n) is 5.34. The van der Waals surface area contributed by atoms with Crippen LogP contribution in [0, 0.1) is 6.92 Å². The molecule has 0 unspecified atom stereocenters. The van der Waals surface area contributed by atoms with Gasteiger partial charge in [-0.25, -0.2) is 0 Å². The molecule has 0 aliphatic heterocycles. The molecular formula is C28H40N2O4. The van der Waals surface area contributed by atoms with E-state index >= 15 is 0 Å². The summed E-state index contributed by atoms with van der Waals surface area (Å²) in [6.07, 6.45) is 0.835. The first kappa shape index (κ1) is 27.2. The highest BCUT2D eigenvalue weighted by Crippen LogP contribution is 2.29. The van der Waals surface area contributed by atoms with Gasteiger partial charge < -0.3 is 19.7 Å². The number of hydrogen-bond donors (Lipinski definition) is 1. The smallest absolute Gasteiger partial charge is 0.242 e. The summed E-state index contributed by atoms with van der Waals surface area (Å²) < 4.78 is 11.4. The molecule has 0 aliphatic rings. The number of nitrogens with one attached hydrogen (secondary N) is 1. The van der Waals surface area contributed by atoms with Crippen LogP contribution in [-0.2, 0) is 22.6 Å². The normalized spacial score (nSPS) is 12.1. The van der Waals surface area contributed by atoms with Crippen LogP contribution < -0.4 is 14.8 Å². The monoisotopic (exact) mass is 468 g/mol. The summed E-state index contributed by atoms with van der Waals surface area (Å²) in [4.78, 5) is 28.0. The molecule has 0 bridgehead atoms. The standard InChI is InChI=1S/C28H40N2O4/c1-8-33-24-15-13-22(18-25(24)34-9-2)14-16-26(31)30(19-23-12-10-11-20(3)17-23)21(4)27(32)29-28(5,6)7/h10-13,15,17-18,21H,8-9,14,16,19H2,1-7H3,(H,29,32)/t21-/m0/s1. The third-order valence-corrected chi connectivity index (χ3v) is 5.34. The fraction of sp³-hybridized carbons (Fsp3) is 0.500. The van der Waals surface area contributed by atoms with E-state index < -0.39 is 6.04 Å². The Kier molecular flexibility index (Phi) is 9.97. The van der Waals surface area contributed by atoms with Crippen LogP contribution in [-0.4, -0.2) is 41.5 Å². The van der Waals surface area contributed by atoms with E-state index in [0.29, 0.717) is 44.1 Å². The number of rotatable bonds is 11. The van der Waals surface area contributed by atoms with Crippen LogP contribution in [0.1, 0.15) is 64.7 Å². The number of carbonyl (C=O) groups excluding carboxylic acids is 2. The molecule has 0 radical (unpaired) electrons. The van der Waals surface area contributed by atoms with Crippen LogP contribution >= 0.6 is 0 Å². The van der Waals surface area contributed by atoms with Crippen molar-refractivity contribution in [1.29, 1.82) is 0 Å². The van der Waals surface area contributed by atoms with Crippen molar-refractivity contribution < 1.29 is 19.1 Å². The number of aryl methyl sites for hydroxylation is 2. The fourth-order valence-corrected chi connectivity index (χ4v) is 3.71. The van der Waals surface area contributed by atoms with Gasteiger partial charge in [0.05, 0.1) is 13.2 Å². The van der Waals surface area contributed by atoms with Gasteiger partial charge in [-0.1, -0.05) is 35.9 Å². The molecule has 2 amide bonds. The molecule has 34 heavy (non-hydrogen) atoms. The summed E-state index contributed by atoms with van der Waals surface area (Å²) in [7, 11) is 0. The van der Waals surface area contributed by atoms with Crippen molar-refractivity contribution in [3.8, 4) is 11.5 Å². The zero-order valence-corrected chi connectivity index (χ0v) is 21.7. The van der Waals surface area contributed by atoms with Crippen molar-refractivity contribution in [2.45, 2.75) is 79.4 Å². The van der Waals surface area contributed by atoms with Gasteiger partial charge in [0.1, 0.15) is 6.04 Å². The summed E-state index contributed by atoms with van der Waals surface area (Å²) in [5, 5.41) is 3.00.